The van der Waals surface area contributed by atoms with Crippen LogP contribution in [0.5, 0.6) is 0 Å². The fourth-order valence-corrected chi connectivity index (χ4v) is 1.42. The first kappa shape index (κ1) is 14.8. The highest BCUT2D eigenvalue weighted by atomic mass is 32.2. The molecule has 1 amide bonds. The molecule has 0 aliphatic rings. The van der Waals surface area contributed by atoms with Gasteiger partial charge in [0, 0.05) is 0 Å². The fourth-order valence-electron chi connectivity index (χ4n) is 0.801. The molecular formula is C8H15NO6S. The van der Waals surface area contributed by atoms with Crippen LogP contribution in [-0.4, -0.2) is 42.7 Å². The van der Waals surface area contributed by atoms with E-state index in [-0.39, 0.29) is 6.29 Å². The van der Waals surface area contributed by atoms with Crippen LogP contribution in [-0.2, 0) is 19.6 Å². The predicted octanol–water partition coefficient (Wildman–Crippen LogP) is -0.0336. The van der Waals surface area contributed by atoms with Crippen LogP contribution in [0, 0.1) is 0 Å². The minimum Gasteiger partial charge on any atom is -0.444 e. The van der Waals surface area contributed by atoms with Crippen LogP contribution in [0.15, 0.2) is 0 Å². The summed E-state index contributed by atoms with van der Waals surface area (Å²) in [4.78, 5) is 21.6. The van der Waals surface area contributed by atoms with Gasteiger partial charge >= 0.3 is 6.09 Å². The minimum atomic E-state index is -4.33. The quantitative estimate of drug-likeness (QED) is 0.537. The highest BCUT2D eigenvalue weighted by Gasteiger charge is 2.22. The molecule has 16 heavy (non-hydrogen) atoms. The molecule has 0 aliphatic carbocycles. The van der Waals surface area contributed by atoms with Gasteiger partial charge in [0.2, 0.25) is 0 Å². The molecule has 0 aromatic rings. The maximum Gasteiger partial charge on any atom is 0.408 e. The van der Waals surface area contributed by atoms with Crippen molar-refractivity contribution in [3.8, 4) is 0 Å². The van der Waals surface area contributed by atoms with E-state index in [9.17, 15) is 18.0 Å². The van der Waals surface area contributed by atoms with Crippen molar-refractivity contribution in [1.29, 1.82) is 0 Å². The number of hydrogen-bond donors (Lipinski definition) is 2. The number of nitrogens with one attached hydrogen (secondary N) is 1. The lowest BCUT2D eigenvalue weighted by Crippen LogP contribution is -2.43. The van der Waals surface area contributed by atoms with Crippen molar-refractivity contribution in [3.05, 3.63) is 0 Å². The second-order valence-corrected chi connectivity index (χ2v) is 5.63. The summed E-state index contributed by atoms with van der Waals surface area (Å²) in [6.07, 6.45) is -0.717. The molecule has 0 aliphatic heterocycles. The molecule has 94 valence electrons. The summed E-state index contributed by atoms with van der Waals surface area (Å²) >= 11 is 0. The van der Waals surface area contributed by atoms with Crippen LogP contribution in [0.2, 0.25) is 0 Å². The molecule has 0 aromatic heterocycles. The molecule has 0 rings (SSSR count). The molecule has 0 saturated carbocycles. The molecule has 2 N–H and O–H groups in total. The smallest absolute Gasteiger partial charge is 0.408 e. The van der Waals surface area contributed by atoms with Crippen LogP contribution in [0.4, 0.5) is 4.79 Å². The third-order valence-electron chi connectivity index (χ3n) is 1.26. The van der Waals surface area contributed by atoms with Gasteiger partial charge in [0.1, 0.15) is 23.7 Å². The van der Waals surface area contributed by atoms with E-state index in [1.54, 1.807) is 20.8 Å². The topological polar surface area (TPSA) is 110 Å². The first-order valence-corrected chi connectivity index (χ1v) is 6.04. The van der Waals surface area contributed by atoms with Crippen LogP contribution < -0.4 is 5.32 Å². The molecule has 0 bridgehead atoms. The zero-order valence-electron chi connectivity index (χ0n) is 9.26. The van der Waals surface area contributed by atoms with Gasteiger partial charge < -0.3 is 14.8 Å². The van der Waals surface area contributed by atoms with Gasteiger partial charge in [-0.25, -0.2) is 4.79 Å². The van der Waals surface area contributed by atoms with Crippen LogP contribution >= 0.6 is 0 Å². The molecule has 7 nitrogen and oxygen atoms in total. The van der Waals surface area contributed by atoms with Gasteiger partial charge in [-0.15, -0.1) is 0 Å². The first-order chi connectivity index (χ1) is 7.03. The maximum absolute atomic E-state index is 11.1. The van der Waals surface area contributed by atoms with Crippen molar-refractivity contribution in [3.63, 3.8) is 0 Å². The van der Waals surface area contributed by atoms with Gasteiger partial charge in [0.05, 0.1) is 0 Å². The Bertz CT molecular complexity index is 355. The summed E-state index contributed by atoms with van der Waals surface area (Å²) in [5.74, 6) is -0.879. The van der Waals surface area contributed by atoms with E-state index in [0.717, 1.165) is 0 Å². The lowest BCUT2D eigenvalue weighted by molar-refractivity contribution is -0.109. The number of hydrogen-bond acceptors (Lipinski definition) is 5. The SMILES string of the molecule is CC(C)(C)OC(=O)NC(C=O)CS(=O)(=O)O. The van der Waals surface area contributed by atoms with Crippen molar-refractivity contribution in [1.82, 2.24) is 5.32 Å². The summed E-state index contributed by atoms with van der Waals surface area (Å²) in [7, 11) is -4.33. The highest BCUT2D eigenvalue weighted by Crippen LogP contribution is 2.06. The maximum atomic E-state index is 11.1. The van der Waals surface area contributed by atoms with Gasteiger partial charge in [0.25, 0.3) is 10.1 Å². The van der Waals surface area contributed by atoms with E-state index >= 15 is 0 Å². The Kier molecular flexibility index (Phi) is 4.88. The lowest BCUT2D eigenvalue weighted by Gasteiger charge is -2.21. The molecular weight excluding hydrogens is 238 g/mol. The number of alkyl carbamates (subject to hydrolysis) is 1. The second kappa shape index (κ2) is 5.26. The summed E-state index contributed by atoms with van der Waals surface area (Å²) in [6.45, 7) is 4.85. The molecule has 8 heteroatoms. The van der Waals surface area contributed by atoms with E-state index in [0.29, 0.717) is 0 Å². The Morgan fingerprint density at radius 2 is 2.00 bits per heavy atom. The van der Waals surface area contributed by atoms with Crippen molar-refractivity contribution in [2.24, 2.45) is 0 Å². The van der Waals surface area contributed by atoms with E-state index in [1.807, 2.05) is 5.32 Å². The van der Waals surface area contributed by atoms with E-state index in [4.69, 9.17) is 9.29 Å². The van der Waals surface area contributed by atoms with E-state index in [1.165, 1.54) is 0 Å². The van der Waals surface area contributed by atoms with Crippen LogP contribution in [0.3, 0.4) is 0 Å². The van der Waals surface area contributed by atoms with Crippen LogP contribution in [0.25, 0.3) is 0 Å². The molecule has 0 heterocycles. The standard InChI is InChI=1S/C8H15NO6S/c1-8(2,3)15-7(11)9-6(4-10)5-16(12,13)14/h4,6H,5H2,1-3H3,(H,9,11)(H,12,13,14). The van der Waals surface area contributed by atoms with Gasteiger partial charge in [-0.1, -0.05) is 0 Å². The summed E-state index contributed by atoms with van der Waals surface area (Å²) < 4.78 is 34.2. The number of carbonyl (C=O) groups is 2. The first-order valence-electron chi connectivity index (χ1n) is 4.43. The minimum absolute atomic E-state index is 0.206. The number of aldehydes is 1. The largest absolute Gasteiger partial charge is 0.444 e. The molecule has 0 aromatic carbocycles. The molecule has 0 saturated heterocycles. The number of amides is 1. The van der Waals surface area contributed by atoms with Gasteiger partial charge in [-0.2, -0.15) is 8.42 Å². The summed E-state index contributed by atoms with van der Waals surface area (Å²) in [5.41, 5.74) is -0.754. The van der Waals surface area contributed by atoms with E-state index < -0.39 is 33.6 Å². The monoisotopic (exact) mass is 253 g/mol. The van der Waals surface area contributed by atoms with Gasteiger partial charge in [-0.05, 0) is 20.8 Å². The Morgan fingerprint density at radius 3 is 2.31 bits per heavy atom. The normalized spacial score (nSPS) is 14.0. The molecule has 1 atom stereocenters. The highest BCUT2D eigenvalue weighted by molar-refractivity contribution is 7.85. The number of ether oxygens (including phenoxy) is 1. The average molecular weight is 253 g/mol. The Balaban J connectivity index is 4.35. The van der Waals surface area contributed by atoms with Gasteiger partial charge in [0.15, 0.2) is 0 Å². The van der Waals surface area contributed by atoms with Crippen molar-refractivity contribution < 1.29 is 27.3 Å². The molecule has 0 spiro atoms. The summed E-state index contributed by atoms with van der Waals surface area (Å²) in [5, 5.41) is 2.01. The van der Waals surface area contributed by atoms with Crippen molar-refractivity contribution >= 4 is 22.5 Å². The average Bonchev–Trinajstić information content (AvgIpc) is 1.96. The zero-order valence-corrected chi connectivity index (χ0v) is 10.1. The number of carbonyl (C=O) groups excluding carboxylic acids is 2. The predicted molar refractivity (Wildman–Crippen MR) is 55.6 cm³/mol. The summed E-state index contributed by atoms with van der Waals surface area (Å²) in [6, 6.07) is -1.33. The lowest BCUT2D eigenvalue weighted by atomic mass is 10.2. The van der Waals surface area contributed by atoms with Crippen molar-refractivity contribution in [2.45, 2.75) is 32.4 Å². The Labute approximate surface area is 93.9 Å². The third-order valence-corrected chi connectivity index (χ3v) is 2.04. The number of rotatable bonds is 4. The third kappa shape index (κ3) is 8.18. The zero-order chi connectivity index (χ0) is 13.0. The molecule has 1 unspecified atom stereocenters. The fraction of sp³-hybridized carbons (Fsp3) is 0.750. The Hall–Kier alpha value is -1.15. The molecule has 0 radical (unpaired) electrons. The Morgan fingerprint density at radius 1 is 1.50 bits per heavy atom. The van der Waals surface area contributed by atoms with Crippen LogP contribution in [0.1, 0.15) is 20.8 Å². The van der Waals surface area contributed by atoms with E-state index in [2.05, 4.69) is 0 Å². The van der Waals surface area contributed by atoms with Crippen molar-refractivity contribution in [2.75, 3.05) is 5.75 Å². The van der Waals surface area contributed by atoms with Gasteiger partial charge in [-0.3, -0.25) is 4.55 Å². The molecule has 0 fully saturated rings. The second-order valence-electron chi connectivity index (χ2n) is 4.14.